The van der Waals surface area contributed by atoms with Crippen LogP contribution in [0.2, 0.25) is 5.02 Å². The van der Waals surface area contributed by atoms with Gasteiger partial charge in [-0.3, -0.25) is 18.6 Å². The van der Waals surface area contributed by atoms with Crippen LogP contribution in [0.3, 0.4) is 0 Å². The van der Waals surface area contributed by atoms with E-state index in [0.29, 0.717) is 17.3 Å². The molecule has 1 N–H and O–H groups in total. The second kappa shape index (κ2) is 8.39. The number of hydrogen-bond donors (Lipinski definition) is 1. The molecule has 2 heterocycles. The van der Waals surface area contributed by atoms with E-state index >= 15 is 0 Å². The average molecular weight is 403 g/mol. The lowest BCUT2D eigenvalue weighted by atomic mass is 10.1. The molecule has 0 aliphatic rings. The summed E-state index contributed by atoms with van der Waals surface area (Å²) in [6.07, 6.45) is 5.13. The summed E-state index contributed by atoms with van der Waals surface area (Å²) in [5.74, 6) is -0.527. The van der Waals surface area contributed by atoms with Gasteiger partial charge >= 0.3 is 0 Å². The van der Waals surface area contributed by atoms with Crippen molar-refractivity contribution >= 4 is 23.2 Å². The van der Waals surface area contributed by atoms with Crippen molar-refractivity contribution in [2.24, 2.45) is 0 Å². The molecule has 0 bridgehead atoms. The first-order valence-corrected chi connectivity index (χ1v) is 9.14. The van der Waals surface area contributed by atoms with Gasteiger partial charge in [-0.05, 0) is 26.0 Å². The minimum Gasteiger partial charge on any atom is -0.348 e. The topological polar surface area (TPSA) is 68.4 Å². The van der Waals surface area contributed by atoms with Gasteiger partial charge in [0.15, 0.2) is 0 Å². The summed E-state index contributed by atoms with van der Waals surface area (Å²) in [6.45, 7) is 3.48. The number of fused-ring (bicyclic) bond motifs is 1. The molecule has 3 rings (SSSR count). The van der Waals surface area contributed by atoms with Crippen molar-refractivity contribution < 1.29 is 9.18 Å². The maximum Gasteiger partial charge on any atom is 0.295 e. The second-order valence-electron chi connectivity index (χ2n) is 6.52. The van der Waals surface area contributed by atoms with Crippen LogP contribution in [-0.2, 0) is 6.54 Å². The summed E-state index contributed by atoms with van der Waals surface area (Å²) in [5, 5.41) is 2.96. The molecule has 146 valence electrons. The van der Waals surface area contributed by atoms with E-state index in [-0.39, 0.29) is 23.4 Å². The van der Waals surface area contributed by atoms with Gasteiger partial charge in [0.05, 0.1) is 5.69 Å². The SMILES string of the molecule is CC(C)=CCn1c(-c2cccc(Cl)c2)cn2cc(C(=O)NCCF)nc2c1=O. The number of nitrogens with one attached hydrogen (secondary N) is 1. The van der Waals surface area contributed by atoms with Crippen molar-refractivity contribution in [3.63, 3.8) is 0 Å². The second-order valence-corrected chi connectivity index (χ2v) is 6.96. The van der Waals surface area contributed by atoms with E-state index < -0.39 is 12.6 Å². The minimum atomic E-state index is -0.673. The molecular formula is C20H20ClFN4O2. The molecule has 2 aromatic heterocycles. The van der Waals surface area contributed by atoms with Crippen molar-refractivity contribution in [3.8, 4) is 11.3 Å². The Balaban J connectivity index is 2.19. The summed E-state index contributed by atoms with van der Waals surface area (Å²) < 4.78 is 15.4. The number of nitrogens with zero attached hydrogens (tertiary/aromatic N) is 3. The molecule has 0 saturated heterocycles. The fourth-order valence-corrected chi connectivity index (χ4v) is 2.97. The maximum absolute atomic E-state index is 13.1. The van der Waals surface area contributed by atoms with E-state index in [4.69, 9.17) is 11.6 Å². The number of aromatic nitrogens is 3. The van der Waals surface area contributed by atoms with E-state index in [1.165, 1.54) is 10.6 Å². The smallest absolute Gasteiger partial charge is 0.295 e. The van der Waals surface area contributed by atoms with Crippen LogP contribution in [0, 0.1) is 0 Å². The molecule has 8 heteroatoms. The molecule has 0 unspecified atom stereocenters. The molecule has 1 aromatic carbocycles. The molecule has 28 heavy (non-hydrogen) atoms. The van der Waals surface area contributed by atoms with Gasteiger partial charge in [0, 0.05) is 36.1 Å². The van der Waals surface area contributed by atoms with Gasteiger partial charge in [0.2, 0.25) is 5.65 Å². The van der Waals surface area contributed by atoms with Crippen molar-refractivity contribution in [2.45, 2.75) is 20.4 Å². The van der Waals surface area contributed by atoms with Crippen LogP contribution in [-0.4, -0.2) is 33.1 Å². The number of rotatable bonds is 6. The highest BCUT2D eigenvalue weighted by atomic mass is 35.5. The average Bonchev–Trinajstić information content (AvgIpc) is 3.09. The Morgan fingerprint density at radius 2 is 2.11 bits per heavy atom. The number of alkyl halides is 1. The van der Waals surface area contributed by atoms with Crippen LogP contribution >= 0.6 is 11.6 Å². The normalized spacial score (nSPS) is 10.9. The molecule has 0 aliphatic heterocycles. The van der Waals surface area contributed by atoms with Gasteiger partial charge in [-0.15, -0.1) is 0 Å². The molecular weight excluding hydrogens is 383 g/mol. The highest BCUT2D eigenvalue weighted by Gasteiger charge is 2.16. The summed E-state index contributed by atoms with van der Waals surface area (Å²) in [5.41, 5.74) is 2.33. The van der Waals surface area contributed by atoms with Gasteiger partial charge < -0.3 is 5.32 Å². The minimum absolute atomic E-state index is 0.0579. The lowest BCUT2D eigenvalue weighted by Crippen LogP contribution is -2.26. The molecule has 1 amide bonds. The fraction of sp³-hybridized carbons (Fsp3) is 0.250. The molecule has 0 saturated carbocycles. The molecule has 0 spiro atoms. The molecule has 0 aliphatic carbocycles. The Morgan fingerprint density at radius 3 is 2.79 bits per heavy atom. The third kappa shape index (κ3) is 4.14. The van der Waals surface area contributed by atoms with Crippen LogP contribution in [0.1, 0.15) is 24.3 Å². The largest absolute Gasteiger partial charge is 0.348 e. The highest BCUT2D eigenvalue weighted by Crippen LogP contribution is 2.22. The first-order chi connectivity index (χ1) is 13.4. The van der Waals surface area contributed by atoms with Crippen molar-refractivity contribution in [1.29, 1.82) is 0 Å². The third-order valence-electron chi connectivity index (χ3n) is 4.14. The summed E-state index contributed by atoms with van der Waals surface area (Å²) >= 11 is 6.12. The van der Waals surface area contributed by atoms with Gasteiger partial charge in [0.1, 0.15) is 12.4 Å². The van der Waals surface area contributed by atoms with E-state index in [2.05, 4.69) is 10.3 Å². The van der Waals surface area contributed by atoms with Crippen LogP contribution in [0.5, 0.6) is 0 Å². The van der Waals surface area contributed by atoms with E-state index in [1.807, 2.05) is 26.0 Å². The van der Waals surface area contributed by atoms with Gasteiger partial charge in [-0.2, -0.15) is 0 Å². The van der Waals surface area contributed by atoms with Gasteiger partial charge in [-0.25, -0.2) is 9.37 Å². The molecule has 0 radical (unpaired) electrons. The number of allylic oxidation sites excluding steroid dienone is 2. The van der Waals surface area contributed by atoms with Crippen molar-refractivity contribution in [1.82, 2.24) is 19.3 Å². The Kier molecular flexibility index (Phi) is 5.94. The molecule has 0 fully saturated rings. The van der Waals surface area contributed by atoms with Gasteiger partial charge in [0.25, 0.3) is 11.5 Å². The molecule has 3 aromatic rings. The number of hydrogen-bond acceptors (Lipinski definition) is 3. The van der Waals surface area contributed by atoms with E-state index in [9.17, 15) is 14.0 Å². The number of halogens is 2. The van der Waals surface area contributed by atoms with E-state index in [1.54, 1.807) is 29.0 Å². The maximum atomic E-state index is 13.1. The van der Waals surface area contributed by atoms with Crippen LogP contribution in [0.15, 0.2) is 53.1 Å². The number of imidazole rings is 1. The first-order valence-electron chi connectivity index (χ1n) is 8.76. The number of benzene rings is 1. The third-order valence-corrected chi connectivity index (χ3v) is 4.37. The quantitative estimate of drug-likeness (QED) is 0.642. The summed E-state index contributed by atoms with van der Waals surface area (Å²) in [7, 11) is 0. The summed E-state index contributed by atoms with van der Waals surface area (Å²) in [4.78, 5) is 29.3. The fourth-order valence-electron chi connectivity index (χ4n) is 2.78. The Bertz CT molecular complexity index is 1110. The summed E-state index contributed by atoms with van der Waals surface area (Å²) in [6, 6.07) is 7.19. The van der Waals surface area contributed by atoms with E-state index in [0.717, 1.165) is 11.1 Å². The Labute approximate surface area is 166 Å². The Morgan fingerprint density at radius 1 is 1.32 bits per heavy atom. The number of amides is 1. The first kappa shape index (κ1) is 19.8. The predicted molar refractivity (Wildman–Crippen MR) is 108 cm³/mol. The van der Waals surface area contributed by atoms with Crippen molar-refractivity contribution in [2.75, 3.05) is 13.2 Å². The highest BCUT2D eigenvalue weighted by molar-refractivity contribution is 6.30. The number of carbonyl (C=O) groups excluding carboxylic acids is 1. The lowest BCUT2D eigenvalue weighted by Gasteiger charge is -2.12. The van der Waals surface area contributed by atoms with Gasteiger partial charge in [-0.1, -0.05) is 35.4 Å². The van der Waals surface area contributed by atoms with Crippen LogP contribution in [0.4, 0.5) is 4.39 Å². The monoisotopic (exact) mass is 402 g/mol. The standard InChI is InChI=1S/C20H20ClFN4O2/c1-13(2)6-9-26-17(14-4-3-5-15(21)10-14)12-25-11-16(19(27)23-8-7-22)24-18(25)20(26)28/h3-6,10-12H,7-9H2,1-2H3,(H,23,27). The van der Waals surface area contributed by atoms with Crippen LogP contribution < -0.4 is 10.9 Å². The van der Waals surface area contributed by atoms with Crippen LogP contribution in [0.25, 0.3) is 16.9 Å². The zero-order chi connectivity index (χ0) is 20.3. The number of carbonyl (C=O) groups is 1. The zero-order valence-electron chi connectivity index (χ0n) is 15.6. The zero-order valence-corrected chi connectivity index (χ0v) is 16.3. The molecule has 0 atom stereocenters. The Hall–Kier alpha value is -2.93. The van der Waals surface area contributed by atoms with Crippen molar-refractivity contribution in [3.05, 3.63) is 69.4 Å². The lowest BCUT2D eigenvalue weighted by molar-refractivity contribution is 0.0946. The predicted octanol–water partition coefficient (Wildman–Crippen LogP) is 3.48. The molecule has 6 nitrogen and oxygen atoms in total.